The van der Waals surface area contributed by atoms with Crippen LogP contribution in [0, 0.1) is 20.8 Å². The molecule has 0 saturated carbocycles. The number of nitrogens with zero attached hydrogens (tertiary/aromatic N) is 4. The Morgan fingerprint density at radius 2 is 1.88 bits per heavy atom. The summed E-state index contributed by atoms with van der Waals surface area (Å²) < 4.78 is 5.74. The molecule has 0 radical (unpaired) electrons. The zero-order valence-electron chi connectivity index (χ0n) is 15.5. The standard InChI is InChI=1S/C20H24N4O2/c1-13-6-4-5-7-18(13)26-12-20(25)24-16-9-17(24)11-23(10-16)19-8-14(2)21-15(3)22-19/h4-8,16-17H,9-12H2,1-3H3. The molecule has 3 saturated heterocycles. The Hall–Kier alpha value is -2.63. The number of rotatable bonds is 4. The van der Waals surface area contributed by atoms with E-state index in [2.05, 4.69) is 14.9 Å². The number of piperidine rings is 1. The highest BCUT2D eigenvalue weighted by Crippen LogP contribution is 2.34. The van der Waals surface area contributed by atoms with Gasteiger partial charge in [0.1, 0.15) is 17.4 Å². The van der Waals surface area contributed by atoms with Gasteiger partial charge in [0.05, 0.1) is 12.1 Å². The van der Waals surface area contributed by atoms with Crippen LogP contribution in [-0.2, 0) is 4.79 Å². The highest BCUT2D eigenvalue weighted by Gasteiger charge is 2.47. The Morgan fingerprint density at radius 3 is 2.58 bits per heavy atom. The zero-order valence-corrected chi connectivity index (χ0v) is 15.5. The number of hydrogen-bond donors (Lipinski definition) is 0. The molecular formula is C20H24N4O2. The summed E-state index contributed by atoms with van der Waals surface area (Å²) in [5.41, 5.74) is 2.02. The number of piperazine rings is 1. The Balaban J connectivity index is 1.38. The van der Waals surface area contributed by atoms with Crippen LogP contribution in [-0.4, -0.2) is 52.6 Å². The summed E-state index contributed by atoms with van der Waals surface area (Å²) in [6, 6.07) is 10.3. The van der Waals surface area contributed by atoms with Gasteiger partial charge < -0.3 is 14.5 Å². The quantitative estimate of drug-likeness (QED) is 0.845. The van der Waals surface area contributed by atoms with Crippen molar-refractivity contribution in [3.8, 4) is 5.75 Å². The lowest BCUT2D eigenvalue weighted by Gasteiger charge is -2.56. The molecule has 3 aliphatic rings. The van der Waals surface area contributed by atoms with Crippen LogP contribution in [0.15, 0.2) is 30.3 Å². The van der Waals surface area contributed by atoms with Crippen molar-refractivity contribution in [1.29, 1.82) is 0 Å². The maximum absolute atomic E-state index is 12.6. The third-order valence-corrected chi connectivity index (χ3v) is 5.20. The molecule has 1 aromatic carbocycles. The topological polar surface area (TPSA) is 58.6 Å². The van der Waals surface area contributed by atoms with Crippen molar-refractivity contribution in [3.05, 3.63) is 47.4 Å². The van der Waals surface area contributed by atoms with Crippen LogP contribution in [0.4, 0.5) is 5.82 Å². The first-order valence-corrected chi connectivity index (χ1v) is 9.08. The Morgan fingerprint density at radius 1 is 1.15 bits per heavy atom. The van der Waals surface area contributed by atoms with Crippen molar-refractivity contribution >= 4 is 11.7 Å². The summed E-state index contributed by atoms with van der Waals surface area (Å²) >= 11 is 0. The van der Waals surface area contributed by atoms with Gasteiger partial charge in [-0.2, -0.15) is 0 Å². The molecule has 6 heteroatoms. The Labute approximate surface area is 153 Å². The molecule has 2 atom stereocenters. The van der Waals surface area contributed by atoms with E-state index >= 15 is 0 Å². The van der Waals surface area contributed by atoms with Gasteiger partial charge in [0, 0.05) is 24.8 Å². The van der Waals surface area contributed by atoms with Gasteiger partial charge in [-0.05, 0) is 38.8 Å². The molecule has 3 aliphatic heterocycles. The lowest BCUT2D eigenvalue weighted by Crippen LogP contribution is -2.71. The normalized spacial score (nSPS) is 21.3. The highest BCUT2D eigenvalue weighted by atomic mass is 16.5. The Kier molecular flexibility index (Phi) is 4.26. The van der Waals surface area contributed by atoms with Gasteiger partial charge in [-0.1, -0.05) is 18.2 Å². The Bertz CT molecular complexity index is 806. The van der Waals surface area contributed by atoms with Crippen molar-refractivity contribution in [1.82, 2.24) is 14.9 Å². The smallest absolute Gasteiger partial charge is 0.261 e. The summed E-state index contributed by atoms with van der Waals surface area (Å²) in [4.78, 5) is 25.8. The van der Waals surface area contributed by atoms with Gasteiger partial charge in [0.15, 0.2) is 6.61 Å². The summed E-state index contributed by atoms with van der Waals surface area (Å²) in [6.45, 7) is 7.64. The monoisotopic (exact) mass is 352 g/mol. The second kappa shape index (κ2) is 6.59. The van der Waals surface area contributed by atoms with Crippen molar-refractivity contribution < 1.29 is 9.53 Å². The molecular weight excluding hydrogens is 328 g/mol. The highest BCUT2D eigenvalue weighted by molar-refractivity contribution is 5.80. The first kappa shape index (κ1) is 16.8. The SMILES string of the molecule is Cc1cc(N2CC3CC(C2)N3C(=O)COc2ccccc2C)nc(C)n1. The van der Waals surface area contributed by atoms with E-state index in [1.807, 2.05) is 56.0 Å². The summed E-state index contributed by atoms with van der Waals surface area (Å²) in [5, 5.41) is 0. The number of aromatic nitrogens is 2. The number of hydrogen-bond acceptors (Lipinski definition) is 5. The fourth-order valence-corrected chi connectivity index (χ4v) is 4.00. The van der Waals surface area contributed by atoms with Crippen molar-refractivity contribution in [3.63, 3.8) is 0 Å². The molecule has 6 nitrogen and oxygen atoms in total. The molecule has 0 N–H and O–H groups in total. The number of aryl methyl sites for hydroxylation is 3. The first-order chi connectivity index (χ1) is 12.5. The van der Waals surface area contributed by atoms with E-state index < -0.39 is 0 Å². The molecule has 1 amide bonds. The van der Waals surface area contributed by atoms with E-state index in [1.54, 1.807) is 0 Å². The summed E-state index contributed by atoms with van der Waals surface area (Å²) in [5.74, 6) is 2.61. The molecule has 2 unspecified atom stereocenters. The van der Waals surface area contributed by atoms with Crippen LogP contribution in [0.2, 0.25) is 0 Å². The van der Waals surface area contributed by atoms with Gasteiger partial charge in [-0.3, -0.25) is 4.79 Å². The predicted molar refractivity (Wildman–Crippen MR) is 99.4 cm³/mol. The minimum Gasteiger partial charge on any atom is -0.484 e. The maximum Gasteiger partial charge on any atom is 0.261 e. The third kappa shape index (κ3) is 3.11. The van der Waals surface area contributed by atoms with Crippen molar-refractivity contribution in [2.75, 3.05) is 24.6 Å². The van der Waals surface area contributed by atoms with Crippen LogP contribution < -0.4 is 9.64 Å². The summed E-state index contributed by atoms with van der Waals surface area (Å²) in [6.07, 6.45) is 1.07. The number of para-hydroxylation sites is 1. The number of fused-ring (bicyclic) bond motifs is 2. The first-order valence-electron chi connectivity index (χ1n) is 9.08. The van der Waals surface area contributed by atoms with E-state index in [1.165, 1.54) is 0 Å². The van der Waals surface area contributed by atoms with Crippen LogP contribution in [0.3, 0.4) is 0 Å². The fraction of sp³-hybridized carbons (Fsp3) is 0.450. The number of amides is 1. The minimum absolute atomic E-state index is 0.0733. The summed E-state index contributed by atoms with van der Waals surface area (Å²) in [7, 11) is 0. The number of carbonyl (C=O) groups is 1. The van der Waals surface area contributed by atoms with Gasteiger partial charge >= 0.3 is 0 Å². The predicted octanol–water partition coefficient (Wildman–Crippen LogP) is 2.27. The molecule has 2 bridgehead atoms. The van der Waals surface area contributed by atoms with Gasteiger partial charge in [0.25, 0.3) is 5.91 Å². The maximum atomic E-state index is 12.6. The van der Waals surface area contributed by atoms with E-state index in [9.17, 15) is 4.79 Å². The van der Waals surface area contributed by atoms with Crippen LogP contribution in [0.25, 0.3) is 0 Å². The fourth-order valence-electron chi connectivity index (χ4n) is 4.00. The number of ether oxygens (including phenoxy) is 1. The lowest BCUT2D eigenvalue weighted by molar-refractivity contribution is -0.148. The largest absolute Gasteiger partial charge is 0.484 e. The molecule has 0 aliphatic carbocycles. The van der Waals surface area contributed by atoms with Crippen LogP contribution in [0.1, 0.15) is 23.5 Å². The van der Waals surface area contributed by atoms with Crippen LogP contribution in [0.5, 0.6) is 5.75 Å². The van der Waals surface area contributed by atoms with E-state index in [4.69, 9.17) is 4.74 Å². The van der Waals surface area contributed by atoms with Crippen molar-refractivity contribution in [2.45, 2.75) is 39.3 Å². The van der Waals surface area contributed by atoms with E-state index in [0.717, 1.165) is 48.2 Å². The van der Waals surface area contributed by atoms with Gasteiger partial charge in [-0.25, -0.2) is 9.97 Å². The number of benzene rings is 1. The average molecular weight is 352 g/mol. The minimum atomic E-state index is 0.0733. The lowest BCUT2D eigenvalue weighted by atomic mass is 9.87. The molecule has 5 rings (SSSR count). The van der Waals surface area contributed by atoms with Crippen molar-refractivity contribution in [2.24, 2.45) is 0 Å². The van der Waals surface area contributed by atoms with E-state index in [0.29, 0.717) is 0 Å². The molecule has 4 heterocycles. The number of carbonyl (C=O) groups excluding carboxylic acids is 1. The van der Waals surface area contributed by atoms with Gasteiger partial charge in [0.2, 0.25) is 0 Å². The van der Waals surface area contributed by atoms with Gasteiger partial charge in [-0.15, -0.1) is 0 Å². The second-order valence-electron chi connectivity index (χ2n) is 7.22. The van der Waals surface area contributed by atoms with Crippen LogP contribution >= 0.6 is 0 Å². The third-order valence-electron chi connectivity index (χ3n) is 5.20. The second-order valence-corrected chi connectivity index (χ2v) is 7.22. The molecule has 1 aromatic heterocycles. The molecule has 0 spiro atoms. The van der Waals surface area contributed by atoms with E-state index in [-0.39, 0.29) is 24.6 Å². The molecule has 3 fully saturated rings. The molecule has 2 aromatic rings. The zero-order chi connectivity index (χ0) is 18.3. The molecule has 26 heavy (non-hydrogen) atoms. The average Bonchev–Trinajstić information content (AvgIpc) is 2.60. The number of anilines is 1. The molecule has 136 valence electrons.